The van der Waals surface area contributed by atoms with Gasteiger partial charge in [-0.3, -0.25) is 4.90 Å². The molecule has 1 atom stereocenters. The van der Waals surface area contributed by atoms with Crippen LogP contribution in [0.25, 0.3) is 0 Å². The van der Waals surface area contributed by atoms with Crippen LogP contribution in [0.2, 0.25) is 0 Å². The molecule has 5 nitrogen and oxygen atoms in total. The van der Waals surface area contributed by atoms with Crippen LogP contribution in [0.5, 0.6) is 0 Å². The number of nitrogens with zero attached hydrogens (tertiary/aromatic N) is 3. The maximum atomic E-state index is 5.60. The summed E-state index contributed by atoms with van der Waals surface area (Å²) < 4.78 is 5.62. The Kier molecular flexibility index (Phi) is 3.81. The van der Waals surface area contributed by atoms with E-state index in [1.807, 2.05) is 11.8 Å². The summed E-state index contributed by atoms with van der Waals surface area (Å²) in [6.45, 7) is 10.7. The van der Waals surface area contributed by atoms with Gasteiger partial charge in [0, 0.05) is 26.2 Å². The molecule has 3 rings (SSSR count). The number of rotatable bonds is 3. The minimum Gasteiger partial charge on any atom is -0.338 e. The van der Waals surface area contributed by atoms with Gasteiger partial charge < -0.3 is 9.84 Å². The lowest BCUT2D eigenvalue weighted by Crippen LogP contribution is -2.52. The van der Waals surface area contributed by atoms with E-state index in [1.54, 1.807) is 0 Å². The van der Waals surface area contributed by atoms with Crippen LogP contribution in [0.3, 0.4) is 0 Å². The first-order chi connectivity index (χ1) is 9.52. The average molecular weight is 296 g/mol. The van der Waals surface area contributed by atoms with Crippen LogP contribution in [0.15, 0.2) is 4.52 Å². The fraction of sp³-hybridized carbons (Fsp3) is 0.857. The molecule has 0 spiro atoms. The Hall–Kier alpha value is -0.590. The first kappa shape index (κ1) is 14.4. The Morgan fingerprint density at radius 1 is 1.35 bits per heavy atom. The third-order valence-electron chi connectivity index (χ3n) is 4.55. The van der Waals surface area contributed by atoms with Gasteiger partial charge in [-0.25, -0.2) is 0 Å². The topological polar surface area (TPSA) is 54.2 Å². The molecule has 0 amide bonds. The molecule has 1 N–H and O–H groups in total. The second kappa shape index (κ2) is 5.31. The predicted molar refractivity (Wildman–Crippen MR) is 80.8 cm³/mol. The number of piperazine rings is 1. The fourth-order valence-electron chi connectivity index (χ4n) is 3.00. The molecule has 3 heterocycles. The van der Waals surface area contributed by atoms with Gasteiger partial charge in [-0.2, -0.15) is 4.98 Å². The fourth-order valence-corrected chi connectivity index (χ4v) is 4.23. The van der Waals surface area contributed by atoms with Crippen LogP contribution < -0.4 is 5.32 Å². The highest BCUT2D eigenvalue weighted by Crippen LogP contribution is 2.45. The molecule has 112 valence electrons. The van der Waals surface area contributed by atoms with Crippen molar-refractivity contribution in [2.24, 2.45) is 0 Å². The van der Waals surface area contributed by atoms with Gasteiger partial charge in [0.1, 0.15) is 0 Å². The maximum absolute atomic E-state index is 5.60. The van der Waals surface area contributed by atoms with Gasteiger partial charge in [0.25, 0.3) is 0 Å². The molecule has 2 saturated heterocycles. The normalized spacial score (nSPS) is 28.9. The standard InChI is InChI=1S/C14H24N4OS/c1-13(2,18-8-6-15-7-9-18)11-16-12(19-17-11)14(3)5-4-10-20-14/h15H,4-10H2,1-3H3. The summed E-state index contributed by atoms with van der Waals surface area (Å²) in [5, 5.41) is 7.68. The van der Waals surface area contributed by atoms with Crippen molar-refractivity contribution in [3.05, 3.63) is 11.7 Å². The van der Waals surface area contributed by atoms with Crippen molar-refractivity contribution in [3.63, 3.8) is 0 Å². The van der Waals surface area contributed by atoms with Crippen LogP contribution in [-0.4, -0.2) is 47.0 Å². The highest BCUT2D eigenvalue weighted by molar-refractivity contribution is 8.00. The number of hydrogen-bond acceptors (Lipinski definition) is 6. The van der Waals surface area contributed by atoms with Gasteiger partial charge in [-0.05, 0) is 39.4 Å². The summed E-state index contributed by atoms with van der Waals surface area (Å²) in [4.78, 5) is 7.18. The predicted octanol–water partition coefficient (Wildman–Crippen LogP) is 1.95. The second-order valence-electron chi connectivity index (χ2n) is 6.40. The quantitative estimate of drug-likeness (QED) is 0.920. The SMILES string of the molecule is CC1(c2nc(C(C)(C)N3CCNCC3)no2)CCCS1. The summed E-state index contributed by atoms with van der Waals surface area (Å²) in [5.74, 6) is 2.82. The molecule has 2 fully saturated rings. The average Bonchev–Trinajstić information content (AvgIpc) is 3.09. The molecule has 2 aliphatic rings. The lowest BCUT2D eigenvalue weighted by molar-refractivity contribution is 0.0924. The van der Waals surface area contributed by atoms with E-state index < -0.39 is 0 Å². The highest BCUT2D eigenvalue weighted by Gasteiger charge is 2.40. The van der Waals surface area contributed by atoms with Gasteiger partial charge >= 0.3 is 0 Å². The van der Waals surface area contributed by atoms with Crippen LogP contribution in [-0.2, 0) is 10.3 Å². The van der Waals surface area contributed by atoms with Crippen LogP contribution in [0.4, 0.5) is 0 Å². The third-order valence-corrected chi connectivity index (χ3v) is 6.06. The lowest BCUT2D eigenvalue weighted by atomic mass is 10.0. The number of aromatic nitrogens is 2. The van der Waals surface area contributed by atoms with Gasteiger partial charge in [0.05, 0.1) is 10.3 Å². The van der Waals surface area contributed by atoms with Gasteiger partial charge in [-0.1, -0.05) is 5.16 Å². The van der Waals surface area contributed by atoms with E-state index in [1.165, 1.54) is 12.2 Å². The molecule has 0 aromatic carbocycles. The summed E-state index contributed by atoms with van der Waals surface area (Å²) in [7, 11) is 0. The lowest BCUT2D eigenvalue weighted by Gasteiger charge is -2.38. The summed E-state index contributed by atoms with van der Waals surface area (Å²) >= 11 is 1.94. The van der Waals surface area contributed by atoms with E-state index in [-0.39, 0.29) is 10.3 Å². The molecule has 1 unspecified atom stereocenters. The van der Waals surface area contributed by atoms with E-state index in [2.05, 4.69) is 36.1 Å². The van der Waals surface area contributed by atoms with Gasteiger partial charge in [-0.15, -0.1) is 11.8 Å². The molecule has 0 saturated carbocycles. The van der Waals surface area contributed by atoms with E-state index in [9.17, 15) is 0 Å². The minimum atomic E-state index is -0.163. The van der Waals surface area contributed by atoms with Gasteiger partial charge in [0.15, 0.2) is 5.82 Å². The Labute approximate surface area is 124 Å². The molecule has 1 aromatic rings. The van der Waals surface area contributed by atoms with Crippen molar-refractivity contribution >= 4 is 11.8 Å². The molecule has 6 heteroatoms. The van der Waals surface area contributed by atoms with E-state index in [0.717, 1.165) is 44.3 Å². The molecule has 20 heavy (non-hydrogen) atoms. The van der Waals surface area contributed by atoms with Crippen molar-refractivity contribution in [1.29, 1.82) is 0 Å². The van der Waals surface area contributed by atoms with E-state index in [0.29, 0.717) is 0 Å². The number of nitrogens with one attached hydrogen (secondary N) is 1. The third kappa shape index (κ3) is 2.49. The van der Waals surface area contributed by atoms with E-state index in [4.69, 9.17) is 9.51 Å². The molecular formula is C14H24N4OS. The van der Waals surface area contributed by atoms with E-state index >= 15 is 0 Å². The summed E-state index contributed by atoms with van der Waals surface area (Å²) in [6.07, 6.45) is 2.37. The largest absolute Gasteiger partial charge is 0.338 e. The minimum absolute atomic E-state index is 0.0186. The molecule has 0 radical (unpaired) electrons. The summed E-state index contributed by atoms with van der Waals surface area (Å²) in [6, 6.07) is 0. The van der Waals surface area contributed by atoms with Crippen molar-refractivity contribution in [2.45, 2.75) is 43.9 Å². The Morgan fingerprint density at radius 3 is 2.75 bits per heavy atom. The Bertz CT molecular complexity index is 461. The number of hydrogen-bond donors (Lipinski definition) is 1. The monoisotopic (exact) mass is 296 g/mol. The van der Waals surface area contributed by atoms with Crippen molar-refractivity contribution in [1.82, 2.24) is 20.4 Å². The number of thioether (sulfide) groups is 1. The van der Waals surface area contributed by atoms with Crippen LogP contribution in [0.1, 0.15) is 45.3 Å². The highest BCUT2D eigenvalue weighted by atomic mass is 32.2. The molecule has 2 aliphatic heterocycles. The zero-order chi connectivity index (χ0) is 14.2. The van der Waals surface area contributed by atoms with Gasteiger partial charge in [0.2, 0.25) is 5.89 Å². The van der Waals surface area contributed by atoms with Crippen molar-refractivity contribution < 1.29 is 4.52 Å². The molecular weight excluding hydrogens is 272 g/mol. The Balaban J connectivity index is 1.81. The first-order valence-electron chi connectivity index (χ1n) is 7.47. The zero-order valence-corrected chi connectivity index (χ0v) is 13.4. The van der Waals surface area contributed by atoms with Crippen molar-refractivity contribution in [2.75, 3.05) is 31.9 Å². The molecule has 0 aliphatic carbocycles. The second-order valence-corrected chi connectivity index (χ2v) is 8.00. The summed E-state index contributed by atoms with van der Waals surface area (Å²) in [5.41, 5.74) is -0.163. The Morgan fingerprint density at radius 2 is 2.10 bits per heavy atom. The van der Waals surface area contributed by atoms with Crippen molar-refractivity contribution in [3.8, 4) is 0 Å². The molecule has 0 bridgehead atoms. The van der Waals surface area contributed by atoms with Crippen LogP contribution in [0, 0.1) is 0 Å². The van der Waals surface area contributed by atoms with Crippen LogP contribution >= 0.6 is 11.8 Å². The zero-order valence-electron chi connectivity index (χ0n) is 12.6. The maximum Gasteiger partial charge on any atom is 0.242 e. The smallest absolute Gasteiger partial charge is 0.242 e. The first-order valence-corrected chi connectivity index (χ1v) is 8.45. The molecule has 1 aromatic heterocycles.